The second kappa shape index (κ2) is 10.7. The number of carbonyl (C=O) groups excluding carboxylic acids is 1. The van der Waals surface area contributed by atoms with Crippen molar-refractivity contribution in [3.63, 3.8) is 0 Å². The maximum atomic E-state index is 12.8. The minimum absolute atomic E-state index is 0.249. The van der Waals surface area contributed by atoms with Gasteiger partial charge in [-0.2, -0.15) is 21.6 Å². The number of nitrogens with one attached hydrogen (secondary N) is 3. The fourth-order valence-corrected chi connectivity index (χ4v) is 4.47. The third kappa shape index (κ3) is 5.72. The highest BCUT2D eigenvalue weighted by Gasteiger charge is 2.46. The Balaban J connectivity index is 1.54. The molecule has 0 spiro atoms. The van der Waals surface area contributed by atoms with Crippen LogP contribution in [0.25, 0.3) is 11.0 Å². The molecular formula is C25H24F3N5O4S. The first-order valence-electron chi connectivity index (χ1n) is 11.7. The summed E-state index contributed by atoms with van der Waals surface area (Å²) in [5.74, 6) is -0.0129. The van der Waals surface area contributed by atoms with Crippen molar-refractivity contribution < 1.29 is 26.4 Å². The number of carbonyl (C=O) groups is 1. The number of hydrogen-bond acceptors (Lipinski definition) is 5. The van der Waals surface area contributed by atoms with Crippen LogP contribution in [-0.2, 0) is 23.0 Å². The van der Waals surface area contributed by atoms with Gasteiger partial charge in [0, 0.05) is 24.8 Å². The molecular weight excluding hydrogens is 523 g/mol. The van der Waals surface area contributed by atoms with E-state index in [1.54, 1.807) is 36.5 Å². The number of imidazole rings is 1. The van der Waals surface area contributed by atoms with Crippen molar-refractivity contribution in [2.24, 2.45) is 0 Å². The van der Waals surface area contributed by atoms with E-state index < -0.39 is 27.1 Å². The number of anilines is 2. The summed E-state index contributed by atoms with van der Waals surface area (Å²) in [4.78, 5) is 32.5. The molecule has 3 N–H and O–H groups in total. The largest absolute Gasteiger partial charge is 0.516 e. The molecule has 0 fully saturated rings. The molecule has 0 atom stereocenters. The average Bonchev–Trinajstić information content (AvgIpc) is 3.21. The number of halogens is 3. The number of sulfonamides is 1. The molecule has 0 saturated heterocycles. The van der Waals surface area contributed by atoms with Crippen LogP contribution in [0.1, 0.15) is 41.5 Å². The van der Waals surface area contributed by atoms with Gasteiger partial charge in [0.1, 0.15) is 11.3 Å². The van der Waals surface area contributed by atoms with Gasteiger partial charge in [-0.25, -0.2) is 4.98 Å². The summed E-state index contributed by atoms with van der Waals surface area (Å²) < 4.78 is 64.7. The van der Waals surface area contributed by atoms with E-state index in [-0.39, 0.29) is 11.1 Å². The minimum atomic E-state index is -5.70. The third-order valence-electron chi connectivity index (χ3n) is 5.77. The molecule has 4 rings (SSSR count). The van der Waals surface area contributed by atoms with Gasteiger partial charge in [-0.3, -0.25) is 14.3 Å². The quantitative estimate of drug-likeness (QED) is 0.282. The topological polar surface area (TPSA) is 126 Å². The molecule has 2 heterocycles. The molecule has 38 heavy (non-hydrogen) atoms. The molecule has 4 aromatic rings. The summed E-state index contributed by atoms with van der Waals surface area (Å²) >= 11 is 0. The zero-order valence-corrected chi connectivity index (χ0v) is 21.0. The van der Waals surface area contributed by atoms with Gasteiger partial charge in [0.05, 0.1) is 16.8 Å². The van der Waals surface area contributed by atoms with E-state index in [2.05, 4.69) is 22.2 Å². The lowest BCUT2D eigenvalue weighted by atomic mass is 10.1. The monoisotopic (exact) mass is 547 g/mol. The van der Waals surface area contributed by atoms with Crippen molar-refractivity contribution in [1.29, 1.82) is 0 Å². The van der Waals surface area contributed by atoms with Gasteiger partial charge in [0.2, 0.25) is 0 Å². The number of hydrogen-bond donors (Lipinski definition) is 3. The van der Waals surface area contributed by atoms with E-state index in [9.17, 15) is 31.2 Å². The zero-order valence-electron chi connectivity index (χ0n) is 20.2. The normalized spacial score (nSPS) is 12.0. The van der Waals surface area contributed by atoms with Crippen molar-refractivity contribution in [3.8, 4) is 0 Å². The van der Waals surface area contributed by atoms with E-state index in [1.165, 1.54) is 22.9 Å². The zero-order chi connectivity index (χ0) is 27.5. The first-order valence-corrected chi connectivity index (χ1v) is 13.1. The predicted molar refractivity (Wildman–Crippen MR) is 138 cm³/mol. The smallest absolute Gasteiger partial charge is 0.327 e. The van der Waals surface area contributed by atoms with Crippen LogP contribution < -0.4 is 15.6 Å². The fraction of sp³-hybridized carbons (Fsp3) is 0.240. The maximum absolute atomic E-state index is 12.8. The van der Waals surface area contributed by atoms with Gasteiger partial charge in [-0.15, -0.1) is 0 Å². The molecule has 200 valence electrons. The van der Waals surface area contributed by atoms with Crippen LogP contribution in [-0.4, -0.2) is 34.4 Å². The van der Waals surface area contributed by atoms with Gasteiger partial charge in [0.15, 0.2) is 0 Å². The fourth-order valence-electron chi connectivity index (χ4n) is 3.88. The molecule has 2 aromatic carbocycles. The van der Waals surface area contributed by atoms with Crippen LogP contribution in [0.15, 0.2) is 65.6 Å². The highest BCUT2D eigenvalue weighted by Crippen LogP contribution is 2.27. The Bertz CT molecular complexity index is 1630. The highest BCUT2D eigenvalue weighted by molar-refractivity contribution is 7.93. The number of benzene rings is 2. The molecule has 0 aliphatic heterocycles. The SMILES string of the molecule is CCCCc1nc2cc[nH]c(=O)c2n1Cc1ccc(NC(=O)c2ccccc2NS(=O)(=O)C(F)(F)F)cc1. The molecule has 0 bridgehead atoms. The Kier molecular flexibility index (Phi) is 7.58. The number of amides is 1. The molecule has 1 amide bonds. The number of aromatic amines is 1. The molecule has 0 aliphatic carbocycles. The van der Waals surface area contributed by atoms with Crippen molar-refractivity contribution >= 4 is 38.3 Å². The number of nitrogens with zero attached hydrogens (tertiary/aromatic N) is 2. The average molecular weight is 548 g/mol. The van der Waals surface area contributed by atoms with Crippen LogP contribution in [0.4, 0.5) is 24.5 Å². The number of aromatic nitrogens is 3. The summed E-state index contributed by atoms with van der Waals surface area (Å²) in [6.45, 7) is 2.43. The second-order valence-electron chi connectivity index (χ2n) is 8.51. The van der Waals surface area contributed by atoms with Gasteiger partial charge in [-0.1, -0.05) is 37.6 Å². The number of aryl methyl sites for hydroxylation is 1. The van der Waals surface area contributed by atoms with Gasteiger partial charge in [-0.05, 0) is 42.3 Å². The van der Waals surface area contributed by atoms with E-state index in [4.69, 9.17) is 0 Å². The summed E-state index contributed by atoms with van der Waals surface area (Å²) in [7, 11) is -5.70. The van der Waals surface area contributed by atoms with Crippen LogP contribution in [0.2, 0.25) is 0 Å². The second-order valence-corrected chi connectivity index (χ2v) is 10.2. The van der Waals surface area contributed by atoms with Gasteiger partial charge in [0.25, 0.3) is 11.5 Å². The first kappa shape index (κ1) is 26.9. The number of para-hydroxylation sites is 1. The predicted octanol–water partition coefficient (Wildman–Crippen LogP) is 4.63. The third-order valence-corrected chi connectivity index (χ3v) is 6.87. The van der Waals surface area contributed by atoms with E-state index in [0.29, 0.717) is 29.7 Å². The summed E-state index contributed by atoms with van der Waals surface area (Å²) in [5.41, 5.74) is -4.34. The molecule has 0 aliphatic rings. The standard InChI is InChI=1S/C25H24F3N5O4S/c1-2-3-8-21-31-20-13-14-29-24(35)22(20)33(21)15-16-9-11-17(12-10-16)30-23(34)18-6-4-5-7-19(18)32-38(36,37)25(26,27)28/h4-7,9-14,32H,2-3,8,15H2,1H3,(H,29,35)(H,30,34). The molecule has 2 aromatic heterocycles. The van der Waals surface area contributed by atoms with Gasteiger partial charge < -0.3 is 14.9 Å². The van der Waals surface area contributed by atoms with Gasteiger partial charge >= 0.3 is 15.5 Å². The lowest BCUT2D eigenvalue weighted by Gasteiger charge is -2.14. The van der Waals surface area contributed by atoms with Crippen molar-refractivity contribution in [3.05, 3.63) is 88.1 Å². The first-order chi connectivity index (χ1) is 18.0. The van der Waals surface area contributed by atoms with Crippen LogP contribution in [0.3, 0.4) is 0 Å². The molecule has 0 unspecified atom stereocenters. The number of pyridine rings is 1. The number of H-pyrrole nitrogens is 1. The number of fused-ring (bicyclic) bond motifs is 1. The molecule has 0 saturated carbocycles. The minimum Gasteiger partial charge on any atom is -0.327 e. The Morgan fingerprint density at radius 2 is 1.79 bits per heavy atom. The van der Waals surface area contributed by atoms with Crippen LogP contribution in [0, 0.1) is 0 Å². The van der Waals surface area contributed by atoms with Crippen molar-refractivity contribution in [1.82, 2.24) is 14.5 Å². The van der Waals surface area contributed by atoms with Crippen molar-refractivity contribution in [2.45, 2.75) is 38.2 Å². The Labute approximate surface area is 215 Å². The molecule has 0 radical (unpaired) electrons. The lowest BCUT2D eigenvalue weighted by molar-refractivity contribution is -0.0429. The Hall–Kier alpha value is -4.13. The Morgan fingerprint density at radius 3 is 2.47 bits per heavy atom. The van der Waals surface area contributed by atoms with E-state index in [1.807, 2.05) is 4.57 Å². The maximum Gasteiger partial charge on any atom is 0.516 e. The van der Waals surface area contributed by atoms with Crippen LogP contribution >= 0.6 is 0 Å². The summed E-state index contributed by atoms with van der Waals surface area (Å²) in [5, 5.41) is 2.56. The number of unbranched alkanes of at least 4 members (excludes halogenated alkanes) is 1. The summed E-state index contributed by atoms with van der Waals surface area (Å²) in [6, 6.07) is 13.4. The molecule has 13 heteroatoms. The number of rotatable bonds is 9. The summed E-state index contributed by atoms with van der Waals surface area (Å²) in [6.07, 6.45) is 4.13. The van der Waals surface area contributed by atoms with E-state index in [0.717, 1.165) is 30.3 Å². The Morgan fingerprint density at radius 1 is 1.08 bits per heavy atom. The van der Waals surface area contributed by atoms with E-state index >= 15 is 0 Å². The van der Waals surface area contributed by atoms with Crippen LogP contribution in [0.5, 0.6) is 0 Å². The molecule has 9 nitrogen and oxygen atoms in total. The van der Waals surface area contributed by atoms with Crippen molar-refractivity contribution in [2.75, 3.05) is 10.0 Å². The highest BCUT2D eigenvalue weighted by atomic mass is 32.2. The number of alkyl halides is 3. The lowest BCUT2D eigenvalue weighted by Crippen LogP contribution is -2.30.